The minimum absolute atomic E-state index is 0.0426. The molecule has 1 unspecified atom stereocenters. The van der Waals surface area contributed by atoms with Crippen LogP contribution in [0.25, 0.3) is 0 Å². The Labute approximate surface area is 211 Å². The molecule has 2 aromatic carbocycles. The standard InChI is InChI=1S/C29H28ClN5/c30-20-12-14-23(15-13-20)35-28-11-5-4-10-24(28)34-27-17-25(33-22-9-6-16-31-19-22)26(18-29(27)35)32-21-7-2-1-3-8-21/h4-6,9-16,18-19,21,25,33H,1-3,7-8,17H2. The zero-order valence-corrected chi connectivity index (χ0v) is 20.3. The number of anilines is 3. The molecule has 6 rings (SSSR count). The lowest BCUT2D eigenvalue weighted by molar-refractivity contribution is 0.443. The smallest absolute Gasteiger partial charge is 0.0874 e. The first-order valence-electron chi connectivity index (χ1n) is 12.4. The van der Waals surface area contributed by atoms with Crippen molar-refractivity contribution in [1.29, 1.82) is 0 Å². The monoisotopic (exact) mass is 481 g/mol. The normalized spacial score (nSPS) is 21.1. The summed E-state index contributed by atoms with van der Waals surface area (Å²) >= 11 is 6.23. The highest BCUT2D eigenvalue weighted by Crippen LogP contribution is 2.43. The number of fused-ring (bicyclic) bond motifs is 2. The molecule has 35 heavy (non-hydrogen) atoms. The third kappa shape index (κ3) is 4.61. The van der Waals surface area contributed by atoms with Crippen LogP contribution < -0.4 is 10.2 Å². The lowest BCUT2D eigenvalue weighted by atomic mass is 9.90. The molecule has 6 heteroatoms. The number of nitrogens with one attached hydrogen (secondary N) is 1. The molecule has 1 aromatic heterocycles. The summed E-state index contributed by atoms with van der Waals surface area (Å²) in [6.07, 6.45) is 12.8. The second kappa shape index (κ2) is 9.67. The molecule has 176 valence electrons. The maximum atomic E-state index is 6.23. The minimum atomic E-state index is 0.0426. The maximum Gasteiger partial charge on any atom is 0.0874 e. The molecule has 1 atom stereocenters. The highest BCUT2D eigenvalue weighted by Gasteiger charge is 2.34. The van der Waals surface area contributed by atoms with Crippen molar-refractivity contribution in [1.82, 2.24) is 4.98 Å². The predicted molar refractivity (Wildman–Crippen MR) is 146 cm³/mol. The van der Waals surface area contributed by atoms with Crippen LogP contribution in [0.15, 0.2) is 94.8 Å². The number of rotatable bonds is 4. The van der Waals surface area contributed by atoms with Crippen LogP contribution in [0, 0.1) is 0 Å². The van der Waals surface area contributed by atoms with Gasteiger partial charge in [-0.05, 0) is 67.4 Å². The van der Waals surface area contributed by atoms with Crippen molar-refractivity contribution in [3.05, 3.63) is 89.9 Å². The average molecular weight is 482 g/mol. The molecule has 1 N–H and O–H groups in total. The topological polar surface area (TPSA) is 52.9 Å². The van der Waals surface area contributed by atoms with Gasteiger partial charge in [-0.15, -0.1) is 0 Å². The lowest BCUT2D eigenvalue weighted by Gasteiger charge is -2.37. The van der Waals surface area contributed by atoms with Crippen molar-refractivity contribution in [2.45, 2.75) is 50.6 Å². The molecule has 1 fully saturated rings. The predicted octanol–water partition coefficient (Wildman–Crippen LogP) is 7.50. The van der Waals surface area contributed by atoms with Gasteiger partial charge in [-0.1, -0.05) is 43.0 Å². The second-order valence-corrected chi connectivity index (χ2v) is 9.81. The van der Waals surface area contributed by atoms with Gasteiger partial charge in [-0.2, -0.15) is 0 Å². The Morgan fingerprint density at radius 3 is 2.57 bits per heavy atom. The Morgan fingerprint density at radius 1 is 0.943 bits per heavy atom. The number of para-hydroxylation sites is 2. The summed E-state index contributed by atoms with van der Waals surface area (Å²) in [4.78, 5) is 17.0. The molecular weight excluding hydrogens is 454 g/mol. The third-order valence-corrected chi connectivity index (χ3v) is 7.20. The average Bonchev–Trinajstić information content (AvgIpc) is 2.90. The molecule has 2 aliphatic carbocycles. The van der Waals surface area contributed by atoms with Crippen LogP contribution in [0.2, 0.25) is 5.02 Å². The summed E-state index contributed by atoms with van der Waals surface area (Å²) in [7, 11) is 0. The van der Waals surface area contributed by atoms with Crippen molar-refractivity contribution in [3.63, 3.8) is 0 Å². The van der Waals surface area contributed by atoms with Gasteiger partial charge in [-0.25, -0.2) is 4.99 Å². The van der Waals surface area contributed by atoms with Crippen molar-refractivity contribution in [2.75, 3.05) is 10.2 Å². The lowest BCUT2D eigenvalue weighted by Crippen LogP contribution is -2.40. The van der Waals surface area contributed by atoms with Gasteiger partial charge < -0.3 is 10.2 Å². The first-order chi connectivity index (χ1) is 17.2. The summed E-state index contributed by atoms with van der Waals surface area (Å²) in [5, 5.41) is 4.41. The minimum Gasteiger partial charge on any atom is -0.375 e. The number of aliphatic imine (C=N–C) groups is 2. The number of pyridine rings is 1. The van der Waals surface area contributed by atoms with Crippen molar-refractivity contribution >= 4 is 45.8 Å². The highest BCUT2D eigenvalue weighted by atomic mass is 35.5. The Morgan fingerprint density at radius 2 is 1.77 bits per heavy atom. The molecule has 3 aromatic rings. The summed E-state index contributed by atoms with van der Waals surface area (Å²) in [6.45, 7) is 0. The van der Waals surface area contributed by atoms with Gasteiger partial charge in [0.15, 0.2) is 0 Å². The van der Waals surface area contributed by atoms with Crippen molar-refractivity contribution in [2.24, 2.45) is 9.98 Å². The van der Waals surface area contributed by atoms with Gasteiger partial charge in [0.1, 0.15) is 0 Å². The first kappa shape index (κ1) is 22.1. The molecular formula is C29H28ClN5. The Balaban J connectivity index is 1.46. The summed E-state index contributed by atoms with van der Waals surface area (Å²) in [5.41, 5.74) is 7.34. The number of halogens is 1. The molecule has 0 saturated heterocycles. The SMILES string of the molecule is Clc1ccc(N2C3=CC(=NC4CCCCC4)C(Nc4cccnc4)CC3=Nc3ccccc32)cc1. The van der Waals surface area contributed by atoms with E-state index in [0.717, 1.165) is 64.2 Å². The van der Waals surface area contributed by atoms with E-state index in [9.17, 15) is 0 Å². The number of aromatic nitrogens is 1. The van der Waals surface area contributed by atoms with Crippen LogP contribution in [0.3, 0.4) is 0 Å². The van der Waals surface area contributed by atoms with Crippen molar-refractivity contribution in [3.8, 4) is 0 Å². The van der Waals surface area contributed by atoms with Gasteiger partial charge >= 0.3 is 0 Å². The number of hydrogen-bond donors (Lipinski definition) is 1. The molecule has 1 aliphatic heterocycles. The number of nitrogens with zero attached hydrogens (tertiary/aromatic N) is 4. The van der Waals surface area contributed by atoms with E-state index in [4.69, 9.17) is 21.6 Å². The highest BCUT2D eigenvalue weighted by molar-refractivity contribution is 6.30. The van der Waals surface area contributed by atoms with Gasteiger partial charge in [-0.3, -0.25) is 9.98 Å². The van der Waals surface area contributed by atoms with Gasteiger partial charge in [0.2, 0.25) is 0 Å². The van der Waals surface area contributed by atoms with E-state index in [-0.39, 0.29) is 6.04 Å². The summed E-state index contributed by atoms with van der Waals surface area (Å²) in [6, 6.07) is 20.8. The van der Waals surface area contributed by atoms with Crippen LogP contribution in [-0.2, 0) is 0 Å². The fourth-order valence-corrected chi connectivity index (χ4v) is 5.36. The van der Waals surface area contributed by atoms with Crippen LogP contribution in [-0.4, -0.2) is 28.5 Å². The van der Waals surface area contributed by atoms with Crippen LogP contribution in [0.1, 0.15) is 38.5 Å². The zero-order valence-electron chi connectivity index (χ0n) is 19.6. The molecule has 0 radical (unpaired) electrons. The van der Waals surface area contributed by atoms with Crippen molar-refractivity contribution < 1.29 is 0 Å². The number of benzene rings is 2. The largest absolute Gasteiger partial charge is 0.375 e. The van der Waals surface area contributed by atoms with E-state index < -0.39 is 0 Å². The number of hydrogen-bond acceptors (Lipinski definition) is 5. The quantitative estimate of drug-likeness (QED) is 0.419. The van der Waals surface area contributed by atoms with E-state index in [1.54, 1.807) is 6.20 Å². The van der Waals surface area contributed by atoms with E-state index >= 15 is 0 Å². The van der Waals surface area contributed by atoms with E-state index in [2.05, 4.69) is 57.7 Å². The molecule has 0 amide bonds. The third-order valence-electron chi connectivity index (χ3n) is 6.95. The molecule has 5 nitrogen and oxygen atoms in total. The number of allylic oxidation sites excluding steroid dienone is 1. The molecule has 3 aliphatic rings. The first-order valence-corrected chi connectivity index (χ1v) is 12.8. The van der Waals surface area contributed by atoms with Gasteiger partial charge in [0.05, 0.1) is 46.3 Å². The van der Waals surface area contributed by atoms with E-state index in [0.29, 0.717) is 6.04 Å². The summed E-state index contributed by atoms with van der Waals surface area (Å²) in [5.74, 6) is 0. The maximum absolute atomic E-state index is 6.23. The summed E-state index contributed by atoms with van der Waals surface area (Å²) < 4.78 is 0. The molecule has 1 saturated carbocycles. The van der Waals surface area contributed by atoms with Crippen LogP contribution >= 0.6 is 11.6 Å². The zero-order chi connectivity index (χ0) is 23.6. The van der Waals surface area contributed by atoms with E-state index in [1.807, 2.05) is 30.5 Å². The molecule has 0 spiro atoms. The Hall–Kier alpha value is -3.44. The molecule has 0 bridgehead atoms. The Kier molecular flexibility index (Phi) is 6.09. The van der Waals surface area contributed by atoms with Crippen LogP contribution in [0.5, 0.6) is 0 Å². The molecule has 2 heterocycles. The van der Waals surface area contributed by atoms with E-state index in [1.165, 1.54) is 19.3 Å². The van der Waals surface area contributed by atoms with Gasteiger partial charge in [0.25, 0.3) is 0 Å². The fourth-order valence-electron chi connectivity index (χ4n) is 5.24. The van der Waals surface area contributed by atoms with Crippen LogP contribution in [0.4, 0.5) is 22.7 Å². The van der Waals surface area contributed by atoms with Gasteiger partial charge in [0, 0.05) is 29.5 Å². The second-order valence-electron chi connectivity index (χ2n) is 9.38. The Bertz CT molecular complexity index is 1290. The fraction of sp³-hybridized carbons (Fsp3) is 0.276.